The fourth-order valence-corrected chi connectivity index (χ4v) is 2.07. The van der Waals surface area contributed by atoms with Gasteiger partial charge in [0.2, 0.25) is 0 Å². The first-order chi connectivity index (χ1) is 10.7. The number of fused-ring (bicyclic) bond motifs is 1. The Hall–Kier alpha value is -3.15. The van der Waals surface area contributed by atoms with Crippen molar-refractivity contribution in [1.82, 2.24) is 9.66 Å². The van der Waals surface area contributed by atoms with Crippen LogP contribution in [0.15, 0.2) is 63.2 Å². The third-order valence-electron chi connectivity index (χ3n) is 3.22. The second-order valence-electron chi connectivity index (χ2n) is 4.61. The van der Waals surface area contributed by atoms with E-state index in [2.05, 4.69) is 10.1 Å². The van der Waals surface area contributed by atoms with E-state index in [-0.39, 0.29) is 0 Å². The van der Waals surface area contributed by atoms with Gasteiger partial charge in [0.15, 0.2) is 0 Å². The van der Waals surface area contributed by atoms with Crippen LogP contribution < -0.4 is 16.0 Å². The molecule has 110 valence electrons. The normalized spacial score (nSPS) is 11.1. The highest BCUT2D eigenvalue weighted by atomic mass is 16.5. The molecular formula is C16H13N3O3. The van der Waals surface area contributed by atoms with E-state index < -0.39 is 11.2 Å². The smallest absolute Gasteiger partial charge is 0.349 e. The van der Waals surface area contributed by atoms with Crippen molar-refractivity contribution < 1.29 is 4.74 Å². The van der Waals surface area contributed by atoms with Crippen molar-refractivity contribution in [2.75, 3.05) is 7.11 Å². The summed E-state index contributed by atoms with van der Waals surface area (Å²) in [5.74, 6) is 0.720. The van der Waals surface area contributed by atoms with Gasteiger partial charge in [0.05, 0.1) is 24.2 Å². The largest absolute Gasteiger partial charge is 0.497 e. The molecule has 3 rings (SSSR count). The molecule has 1 N–H and O–H groups in total. The molecule has 3 aromatic rings. The van der Waals surface area contributed by atoms with Crippen molar-refractivity contribution >= 4 is 17.1 Å². The molecule has 0 aliphatic rings. The van der Waals surface area contributed by atoms with E-state index in [9.17, 15) is 9.59 Å². The van der Waals surface area contributed by atoms with Crippen LogP contribution >= 0.6 is 0 Å². The summed E-state index contributed by atoms with van der Waals surface area (Å²) in [6, 6.07) is 13.9. The van der Waals surface area contributed by atoms with Crippen LogP contribution in [0.5, 0.6) is 5.75 Å². The molecule has 22 heavy (non-hydrogen) atoms. The van der Waals surface area contributed by atoms with Crippen molar-refractivity contribution in [2.24, 2.45) is 5.10 Å². The van der Waals surface area contributed by atoms with E-state index in [1.807, 2.05) is 0 Å². The minimum atomic E-state index is -0.575. The van der Waals surface area contributed by atoms with Gasteiger partial charge in [-0.2, -0.15) is 5.10 Å². The Labute approximate surface area is 125 Å². The molecule has 0 spiro atoms. The van der Waals surface area contributed by atoms with Crippen molar-refractivity contribution in [2.45, 2.75) is 0 Å². The Morgan fingerprint density at radius 1 is 1.09 bits per heavy atom. The zero-order valence-corrected chi connectivity index (χ0v) is 11.8. The van der Waals surface area contributed by atoms with E-state index in [0.29, 0.717) is 10.9 Å². The maximum absolute atomic E-state index is 12.3. The molecule has 6 heteroatoms. The number of ether oxygens (including phenoxy) is 1. The second kappa shape index (κ2) is 5.69. The van der Waals surface area contributed by atoms with Gasteiger partial charge in [0, 0.05) is 0 Å². The van der Waals surface area contributed by atoms with Gasteiger partial charge >= 0.3 is 5.69 Å². The second-order valence-corrected chi connectivity index (χ2v) is 4.61. The highest BCUT2D eigenvalue weighted by Gasteiger charge is 2.05. The van der Waals surface area contributed by atoms with Crippen LogP contribution in [0.3, 0.4) is 0 Å². The van der Waals surface area contributed by atoms with Gasteiger partial charge < -0.3 is 9.72 Å². The molecular weight excluding hydrogens is 282 g/mol. The van der Waals surface area contributed by atoms with Crippen molar-refractivity contribution in [3.8, 4) is 5.75 Å². The van der Waals surface area contributed by atoms with E-state index in [0.717, 1.165) is 16.0 Å². The minimum absolute atomic E-state index is 0.411. The van der Waals surface area contributed by atoms with Crippen LogP contribution in [-0.2, 0) is 0 Å². The van der Waals surface area contributed by atoms with Gasteiger partial charge in [-0.25, -0.2) is 4.79 Å². The molecule has 0 fully saturated rings. The molecule has 0 saturated heterocycles. The standard InChI is InChI=1S/C16H13N3O3/c1-22-12-8-6-11(7-9-12)10-17-19-15(20)13-4-2-3-5-14(13)18-16(19)21/h2-10H,1H3,(H,18,21)/b17-10+. The van der Waals surface area contributed by atoms with Crippen LogP contribution in [-0.4, -0.2) is 23.0 Å². The first kappa shape index (κ1) is 13.8. The fourth-order valence-electron chi connectivity index (χ4n) is 2.07. The average molecular weight is 295 g/mol. The van der Waals surface area contributed by atoms with Crippen LogP contribution in [0.1, 0.15) is 5.56 Å². The lowest BCUT2D eigenvalue weighted by Gasteiger charge is -2.01. The van der Waals surface area contributed by atoms with Crippen LogP contribution in [0, 0.1) is 0 Å². The van der Waals surface area contributed by atoms with Crippen LogP contribution in [0.2, 0.25) is 0 Å². The number of nitrogens with zero attached hydrogens (tertiary/aromatic N) is 2. The molecule has 0 bridgehead atoms. The highest BCUT2D eigenvalue weighted by Crippen LogP contribution is 2.09. The molecule has 0 radical (unpaired) electrons. The zero-order valence-electron chi connectivity index (χ0n) is 11.8. The summed E-state index contributed by atoms with van der Waals surface area (Å²) in [5, 5.41) is 4.39. The number of aromatic amines is 1. The maximum Gasteiger partial charge on any atom is 0.349 e. The number of nitrogens with one attached hydrogen (secondary N) is 1. The Bertz CT molecular complexity index is 953. The Balaban J connectivity index is 2.04. The summed E-state index contributed by atoms with van der Waals surface area (Å²) in [5.41, 5.74) is 0.214. The molecule has 0 aliphatic carbocycles. The molecule has 0 aliphatic heterocycles. The Kier molecular flexibility index (Phi) is 3.57. The van der Waals surface area contributed by atoms with E-state index in [1.54, 1.807) is 55.6 Å². The molecule has 0 unspecified atom stereocenters. The van der Waals surface area contributed by atoms with Crippen LogP contribution in [0.25, 0.3) is 10.9 Å². The number of benzene rings is 2. The Morgan fingerprint density at radius 3 is 2.55 bits per heavy atom. The van der Waals surface area contributed by atoms with Gasteiger partial charge in [0.1, 0.15) is 5.75 Å². The lowest BCUT2D eigenvalue weighted by atomic mass is 10.2. The Morgan fingerprint density at radius 2 is 1.82 bits per heavy atom. The average Bonchev–Trinajstić information content (AvgIpc) is 2.55. The summed E-state index contributed by atoms with van der Waals surface area (Å²) in [6.07, 6.45) is 1.45. The van der Waals surface area contributed by atoms with Gasteiger partial charge in [0.25, 0.3) is 5.56 Å². The number of hydrogen-bond donors (Lipinski definition) is 1. The van der Waals surface area contributed by atoms with Gasteiger partial charge in [-0.1, -0.05) is 12.1 Å². The molecule has 0 saturated carbocycles. The van der Waals surface area contributed by atoms with E-state index in [4.69, 9.17) is 4.74 Å². The lowest BCUT2D eigenvalue weighted by molar-refractivity contribution is 0.415. The van der Waals surface area contributed by atoms with Crippen molar-refractivity contribution in [3.05, 3.63) is 74.9 Å². The van der Waals surface area contributed by atoms with Gasteiger partial charge in [-0.3, -0.25) is 4.79 Å². The van der Waals surface area contributed by atoms with E-state index >= 15 is 0 Å². The first-order valence-electron chi connectivity index (χ1n) is 6.61. The molecule has 0 amide bonds. The SMILES string of the molecule is COc1ccc(/C=N/n2c(=O)[nH]c3ccccc3c2=O)cc1. The highest BCUT2D eigenvalue weighted by molar-refractivity contribution is 5.80. The minimum Gasteiger partial charge on any atom is -0.497 e. The zero-order chi connectivity index (χ0) is 15.5. The number of H-pyrrole nitrogens is 1. The predicted molar refractivity (Wildman–Crippen MR) is 84.8 cm³/mol. The molecule has 0 atom stereocenters. The van der Waals surface area contributed by atoms with Crippen molar-refractivity contribution in [3.63, 3.8) is 0 Å². The van der Waals surface area contributed by atoms with Crippen LogP contribution in [0.4, 0.5) is 0 Å². The number of hydrogen-bond acceptors (Lipinski definition) is 4. The first-order valence-corrected chi connectivity index (χ1v) is 6.61. The number of methoxy groups -OCH3 is 1. The van der Waals surface area contributed by atoms with Crippen molar-refractivity contribution in [1.29, 1.82) is 0 Å². The third kappa shape index (κ3) is 2.54. The molecule has 1 aromatic heterocycles. The summed E-state index contributed by atoms with van der Waals surface area (Å²) in [4.78, 5) is 26.9. The molecule has 6 nitrogen and oxygen atoms in total. The quantitative estimate of drug-likeness (QED) is 0.745. The number of aromatic nitrogens is 2. The van der Waals surface area contributed by atoms with Gasteiger partial charge in [-0.05, 0) is 42.0 Å². The topological polar surface area (TPSA) is 76.5 Å². The lowest BCUT2D eigenvalue weighted by Crippen LogP contribution is -2.32. The summed E-state index contributed by atoms with van der Waals surface area (Å²) in [7, 11) is 1.58. The maximum atomic E-state index is 12.3. The summed E-state index contributed by atoms with van der Waals surface area (Å²) >= 11 is 0. The molecule has 1 heterocycles. The predicted octanol–water partition coefficient (Wildman–Crippen LogP) is 1.58. The summed E-state index contributed by atoms with van der Waals surface area (Å²) < 4.78 is 5.88. The molecule has 2 aromatic carbocycles. The number of rotatable bonds is 3. The fraction of sp³-hybridized carbons (Fsp3) is 0.0625. The third-order valence-corrected chi connectivity index (χ3v) is 3.22. The number of para-hydroxylation sites is 1. The van der Waals surface area contributed by atoms with E-state index in [1.165, 1.54) is 6.21 Å². The van der Waals surface area contributed by atoms with Gasteiger partial charge in [-0.15, -0.1) is 4.68 Å². The summed E-state index contributed by atoms with van der Waals surface area (Å²) in [6.45, 7) is 0. The monoisotopic (exact) mass is 295 g/mol.